The lowest BCUT2D eigenvalue weighted by Gasteiger charge is -2.14. The van der Waals surface area contributed by atoms with E-state index in [-0.39, 0.29) is 13.0 Å². The molecule has 0 saturated carbocycles. The predicted octanol–water partition coefficient (Wildman–Crippen LogP) is 4.32. The SMILES string of the molecule is [2H]C1C=C(c2c(CO)ccc3ccccc23)c2ccccc21. The molecule has 3 aromatic carbocycles. The topological polar surface area (TPSA) is 20.2 Å². The Bertz CT molecular complexity index is 895. The third-order valence-corrected chi connectivity index (χ3v) is 4.14. The minimum Gasteiger partial charge on any atom is -0.392 e. The van der Waals surface area contributed by atoms with Gasteiger partial charge < -0.3 is 5.11 Å². The minimum absolute atomic E-state index is 0.00232. The van der Waals surface area contributed by atoms with Crippen LogP contribution in [0.4, 0.5) is 0 Å². The Morgan fingerprint density at radius 2 is 1.76 bits per heavy atom. The molecule has 0 radical (unpaired) electrons. The molecule has 4 rings (SSSR count). The summed E-state index contributed by atoms with van der Waals surface area (Å²) in [5, 5.41) is 12.1. The molecule has 0 saturated heterocycles. The Morgan fingerprint density at radius 1 is 0.952 bits per heavy atom. The highest BCUT2D eigenvalue weighted by atomic mass is 16.3. The van der Waals surface area contributed by atoms with Gasteiger partial charge in [0.05, 0.1) is 6.61 Å². The van der Waals surface area contributed by atoms with Crippen LogP contribution in [0.15, 0.2) is 66.7 Å². The van der Waals surface area contributed by atoms with Crippen LogP contribution in [0.5, 0.6) is 0 Å². The number of benzene rings is 3. The maximum atomic E-state index is 9.78. The molecular formula is C20H16O. The van der Waals surface area contributed by atoms with Crippen LogP contribution in [0.3, 0.4) is 0 Å². The van der Waals surface area contributed by atoms with Gasteiger partial charge in [-0.3, -0.25) is 0 Å². The van der Waals surface area contributed by atoms with Crippen molar-refractivity contribution in [2.45, 2.75) is 13.0 Å². The molecule has 0 aromatic heterocycles. The van der Waals surface area contributed by atoms with Crippen LogP contribution in [0.2, 0.25) is 0 Å². The van der Waals surface area contributed by atoms with Crippen LogP contribution in [-0.4, -0.2) is 5.11 Å². The van der Waals surface area contributed by atoms with Gasteiger partial charge in [0.2, 0.25) is 0 Å². The average molecular weight is 273 g/mol. The van der Waals surface area contributed by atoms with Crippen LogP contribution in [0.1, 0.15) is 23.6 Å². The molecule has 21 heavy (non-hydrogen) atoms. The van der Waals surface area contributed by atoms with E-state index >= 15 is 0 Å². The molecule has 0 fully saturated rings. The van der Waals surface area contributed by atoms with Gasteiger partial charge in [-0.25, -0.2) is 0 Å². The first kappa shape index (κ1) is 11.3. The van der Waals surface area contributed by atoms with Crippen molar-refractivity contribution in [2.75, 3.05) is 0 Å². The lowest BCUT2D eigenvalue weighted by Crippen LogP contribution is -1.96. The van der Waals surface area contributed by atoms with Crippen molar-refractivity contribution >= 4 is 16.3 Å². The van der Waals surface area contributed by atoms with Gasteiger partial charge in [-0.2, -0.15) is 0 Å². The average Bonchev–Trinajstić information content (AvgIpc) is 2.91. The zero-order valence-electron chi connectivity index (χ0n) is 12.6. The standard InChI is InChI=1S/C20H16O/c21-13-16-10-9-15-6-2-4-8-18(15)20(16)19-12-11-14-5-1-3-7-17(14)19/h1-10,12,21H,11,13H2/i11D. The largest absolute Gasteiger partial charge is 0.392 e. The summed E-state index contributed by atoms with van der Waals surface area (Å²) in [6.07, 6.45) is 1.66. The monoisotopic (exact) mass is 273 g/mol. The van der Waals surface area contributed by atoms with Gasteiger partial charge in [-0.05, 0) is 45.0 Å². The quantitative estimate of drug-likeness (QED) is 0.737. The van der Waals surface area contributed by atoms with E-state index in [0.717, 1.165) is 38.6 Å². The Morgan fingerprint density at radius 3 is 2.67 bits per heavy atom. The molecule has 102 valence electrons. The molecule has 1 nitrogen and oxygen atoms in total. The van der Waals surface area contributed by atoms with Gasteiger partial charge in [0.15, 0.2) is 0 Å². The summed E-state index contributed by atoms with van der Waals surface area (Å²) >= 11 is 0. The number of aliphatic hydroxyl groups excluding tert-OH is 1. The van der Waals surface area contributed by atoms with E-state index in [1.54, 1.807) is 0 Å². The van der Waals surface area contributed by atoms with E-state index in [2.05, 4.69) is 18.2 Å². The molecule has 0 amide bonds. The Balaban J connectivity index is 2.05. The summed E-state index contributed by atoms with van der Waals surface area (Å²) in [6, 6.07) is 20.3. The highest BCUT2D eigenvalue weighted by Gasteiger charge is 2.19. The van der Waals surface area contributed by atoms with E-state index in [9.17, 15) is 5.11 Å². The zero-order chi connectivity index (χ0) is 15.1. The summed E-state index contributed by atoms with van der Waals surface area (Å²) in [5.41, 5.74) is 5.18. The first-order valence-electron chi connectivity index (χ1n) is 7.72. The van der Waals surface area contributed by atoms with Gasteiger partial charge in [-0.15, -0.1) is 0 Å². The van der Waals surface area contributed by atoms with Crippen LogP contribution in [-0.2, 0) is 13.0 Å². The van der Waals surface area contributed by atoms with Gasteiger partial charge >= 0.3 is 0 Å². The Labute approximate surface area is 125 Å². The number of hydrogen-bond donors (Lipinski definition) is 1. The second kappa shape index (κ2) is 4.87. The van der Waals surface area contributed by atoms with Gasteiger partial charge in [0.1, 0.15) is 0 Å². The van der Waals surface area contributed by atoms with E-state index in [4.69, 9.17) is 1.37 Å². The smallest absolute Gasteiger partial charge is 0.0688 e. The molecule has 0 heterocycles. The summed E-state index contributed by atoms with van der Waals surface area (Å²) in [4.78, 5) is 0. The minimum atomic E-state index is -0.336. The number of fused-ring (bicyclic) bond motifs is 2. The predicted molar refractivity (Wildman–Crippen MR) is 87.1 cm³/mol. The molecule has 1 aliphatic carbocycles. The number of aliphatic hydroxyl groups is 1. The van der Waals surface area contributed by atoms with Crippen molar-refractivity contribution in [2.24, 2.45) is 0 Å². The zero-order valence-corrected chi connectivity index (χ0v) is 11.6. The third kappa shape index (κ3) is 1.90. The van der Waals surface area contributed by atoms with Crippen LogP contribution < -0.4 is 0 Å². The maximum Gasteiger partial charge on any atom is 0.0688 e. The summed E-state index contributed by atoms with van der Waals surface area (Å²) < 4.78 is 8.29. The molecule has 1 aliphatic rings. The lowest BCUT2D eigenvalue weighted by molar-refractivity contribution is 0.281. The van der Waals surface area contributed by atoms with Crippen LogP contribution in [0.25, 0.3) is 16.3 Å². The molecule has 0 aliphatic heterocycles. The first-order chi connectivity index (χ1) is 10.8. The van der Waals surface area contributed by atoms with Crippen LogP contribution >= 0.6 is 0 Å². The number of allylic oxidation sites excluding steroid dienone is 1. The molecule has 1 unspecified atom stereocenters. The maximum absolute atomic E-state index is 9.78. The van der Waals surface area contributed by atoms with E-state index < -0.39 is 0 Å². The second-order valence-electron chi connectivity index (χ2n) is 5.31. The molecular weight excluding hydrogens is 256 g/mol. The molecule has 0 bridgehead atoms. The summed E-state index contributed by atoms with van der Waals surface area (Å²) in [7, 11) is 0. The fourth-order valence-corrected chi connectivity index (χ4v) is 3.14. The normalized spacial score (nSPS) is 17.5. The van der Waals surface area contributed by atoms with Crippen molar-refractivity contribution < 1.29 is 6.48 Å². The highest BCUT2D eigenvalue weighted by molar-refractivity contribution is 6.00. The molecule has 3 aromatic rings. The van der Waals surface area contributed by atoms with Crippen LogP contribution in [0, 0.1) is 0 Å². The Hall–Kier alpha value is -2.38. The van der Waals surface area contributed by atoms with E-state index in [1.165, 1.54) is 0 Å². The second-order valence-corrected chi connectivity index (χ2v) is 5.31. The van der Waals surface area contributed by atoms with E-state index in [0.29, 0.717) is 0 Å². The van der Waals surface area contributed by atoms with E-state index in [1.807, 2.05) is 48.5 Å². The summed E-state index contributed by atoms with van der Waals surface area (Å²) in [6.45, 7) is 0.00232. The van der Waals surface area contributed by atoms with Gasteiger partial charge in [-0.1, -0.05) is 66.7 Å². The third-order valence-electron chi connectivity index (χ3n) is 4.14. The molecule has 1 heteroatoms. The van der Waals surface area contributed by atoms with Crippen molar-refractivity contribution in [3.8, 4) is 0 Å². The number of hydrogen-bond acceptors (Lipinski definition) is 1. The first-order valence-corrected chi connectivity index (χ1v) is 7.15. The summed E-state index contributed by atoms with van der Waals surface area (Å²) in [5.74, 6) is 0. The van der Waals surface area contributed by atoms with Crippen molar-refractivity contribution in [3.63, 3.8) is 0 Å². The molecule has 1 atom stereocenters. The highest BCUT2D eigenvalue weighted by Crippen LogP contribution is 2.38. The van der Waals surface area contributed by atoms with Crippen molar-refractivity contribution in [3.05, 3.63) is 89.0 Å². The van der Waals surface area contributed by atoms with Crippen molar-refractivity contribution in [1.82, 2.24) is 0 Å². The Kier molecular flexibility index (Phi) is 2.62. The molecule has 1 N–H and O–H groups in total. The van der Waals surface area contributed by atoms with Gasteiger partial charge in [0, 0.05) is 1.37 Å². The van der Waals surface area contributed by atoms with Crippen molar-refractivity contribution in [1.29, 1.82) is 0 Å². The fraction of sp³-hybridized carbons (Fsp3) is 0.100. The molecule has 0 spiro atoms. The fourth-order valence-electron chi connectivity index (χ4n) is 3.14. The van der Waals surface area contributed by atoms with Gasteiger partial charge in [0.25, 0.3) is 0 Å². The lowest BCUT2D eigenvalue weighted by atomic mass is 9.90. The number of rotatable bonds is 2.